The first-order valence-corrected chi connectivity index (χ1v) is 8.30. The van der Waals surface area contributed by atoms with Crippen LogP contribution in [-0.4, -0.2) is 10.5 Å². The fourth-order valence-corrected chi connectivity index (χ4v) is 2.71. The number of rotatable bonds is 4. The van der Waals surface area contributed by atoms with Crippen molar-refractivity contribution in [2.75, 3.05) is 5.32 Å². The lowest BCUT2D eigenvalue weighted by Crippen LogP contribution is -2.22. The molecule has 0 atom stereocenters. The Morgan fingerprint density at radius 3 is 2.74 bits per heavy atom. The lowest BCUT2D eigenvalue weighted by molar-refractivity contribution is 0.102. The van der Waals surface area contributed by atoms with Crippen molar-refractivity contribution in [1.82, 2.24) is 4.57 Å². The van der Waals surface area contributed by atoms with Crippen LogP contribution in [0.4, 0.5) is 10.1 Å². The van der Waals surface area contributed by atoms with Crippen LogP contribution in [-0.2, 0) is 6.54 Å². The summed E-state index contributed by atoms with van der Waals surface area (Å²) >= 11 is 5.92. The molecular formula is C20H13ClFN3O2. The van der Waals surface area contributed by atoms with Gasteiger partial charge in [-0.3, -0.25) is 9.59 Å². The molecular weight excluding hydrogens is 369 g/mol. The van der Waals surface area contributed by atoms with E-state index in [0.717, 1.165) is 0 Å². The minimum absolute atomic E-state index is 0.123. The summed E-state index contributed by atoms with van der Waals surface area (Å²) in [5.74, 6) is -0.902. The third-order valence-corrected chi connectivity index (χ3v) is 4.07. The Labute approximate surface area is 159 Å². The number of hydrogen-bond donors (Lipinski definition) is 1. The predicted octanol–water partition coefficient (Wildman–Crippen LogP) is 3.81. The van der Waals surface area contributed by atoms with E-state index in [9.17, 15) is 14.0 Å². The van der Waals surface area contributed by atoms with E-state index in [1.54, 1.807) is 18.2 Å². The number of halogens is 2. The molecule has 0 bridgehead atoms. The van der Waals surface area contributed by atoms with E-state index in [2.05, 4.69) is 5.32 Å². The molecule has 1 N–H and O–H groups in total. The lowest BCUT2D eigenvalue weighted by atomic mass is 10.1. The zero-order chi connectivity index (χ0) is 19.4. The van der Waals surface area contributed by atoms with E-state index in [1.807, 2.05) is 6.07 Å². The van der Waals surface area contributed by atoms with Crippen LogP contribution in [0.5, 0.6) is 0 Å². The first-order chi connectivity index (χ1) is 13.0. The third kappa shape index (κ3) is 4.40. The third-order valence-electron chi connectivity index (χ3n) is 3.84. The second-order valence-electron chi connectivity index (χ2n) is 5.77. The number of anilines is 1. The lowest BCUT2D eigenvalue weighted by Gasteiger charge is -2.10. The minimum atomic E-state index is -0.498. The Balaban J connectivity index is 1.87. The van der Waals surface area contributed by atoms with Crippen LogP contribution in [0.25, 0.3) is 0 Å². The average molecular weight is 382 g/mol. The van der Waals surface area contributed by atoms with Gasteiger partial charge in [-0.15, -0.1) is 0 Å². The van der Waals surface area contributed by atoms with Gasteiger partial charge in [0.15, 0.2) is 0 Å². The van der Waals surface area contributed by atoms with Crippen molar-refractivity contribution in [2.45, 2.75) is 6.54 Å². The first kappa shape index (κ1) is 18.4. The molecule has 5 nitrogen and oxygen atoms in total. The van der Waals surface area contributed by atoms with Crippen molar-refractivity contribution in [3.8, 4) is 6.07 Å². The van der Waals surface area contributed by atoms with Gasteiger partial charge in [0.2, 0.25) is 0 Å². The van der Waals surface area contributed by atoms with Gasteiger partial charge in [0, 0.05) is 17.3 Å². The van der Waals surface area contributed by atoms with Gasteiger partial charge in [0.25, 0.3) is 11.5 Å². The second-order valence-corrected chi connectivity index (χ2v) is 6.21. The number of nitriles is 1. The zero-order valence-corrected chi connectivity index (χ0v) is 14.7. The highest BCUT2D eigenvalue weighted by Crippen LogP contribution is 2.21. The van der Waals surface area contributed by atoms with Crippen LogP contribution in [0.1, 0.15) is 21.5 Å². The standard InChI is InChI=1S/C20H13ClFN3O2/c21-16-6-4-14(10-23)18(9-16)24-20(27)15-5-7-19(26)25(12-15)11-13-2-1-3-17(22)8-13/h1-9,12H,11H2,(H,24,27). The van der Waals surface area contributed by atoms with E-state index in [0.29, 0.717) is 10.6 Å². The van der Waals surface area contributed by atoms with Crippen molar-refractivity contribution in [2.24, 2.45) is 0 Å². The number of amides is 1. The first-order valence-electron chi connectivity index (χ1n) is 7.92. The Bertz CT molecular complexity index is 1120. The molecule has 0 unspecified atom stereocenters. The minimum Gasteiger partial charge on any atom is -0.321 e. The molecule has 1 amide bonds. The van der Waals surface area contributed by atoms with E-state index < -0.39 is 11.7 Å². The van der Waals surface area contributed by atoms with Crippen molar-refractivity contribution < 1.29 is 9.18 Å². The topological polar surface area (TPSA) is 74.9 Å². The monoisotopic (exact) mass is 381 g/mol. The molecule has 0 aliphatic carbocycles. The van der Waals surface area contributed by atoms with Crippen LogP contribution >= 0.6 is 11.6 Å². The molecule has 0 radical (unpaired) electrons. The molecule has 1 heterocycles. The highest BCUT2D eigenvalue weighted by molar-refractivity contribution is 6.31. The number of aromatic nitrogens is 1. The van der Waals surface area contributed by atoms with Crippen LogP contribution in [0.3, 0.4) is 0 Å². The number of carbonyl (C=O) groups is 1. The summed E-state index contributed by atoms with van der Waals surface area (Å²) in [6.45, 7) is 0.123. The number of nitrogens with zero attached hydrogens (tertiary/aromatic N) is 2. The number of pyridine rings is 1. The van der Waals surface area contributed by atoms with Crippen molar-refractivity contribution in [1.29, 1.82) is 5.26 Å². The van der Waals surface area contributed by atoms with Crippen molar-refractivity contribution >= 4 is 23.2 Å². The smallest absolute Gasteiger partial charge is 0.257 e. The van der Waals surface area contributed by atoms with E-state index >= 15 is 0 Å². The largest absolute Gasteiger partial charge is 0.321 e. The highest BCUT2D eigenvalue weighted by atomic mass is 35.5. The van der Waals surface area contributed by atoms with Crippen LogP contribution in [0.15, 0.2) is 65.6 Å². The molecule has 2 aromatic carbocycles. The molecule has 0 saturated carbocycles. The number of benzene rings is 2. The Morgan fingerprint density at radius 2 is 2.00 bits per heavy atom. The molecule has 3 rings (SSSR count). The highest BCUT2D eigenvalue weighted by Gasteiger charge is 2.12. The Hall–Kier alpha value is -3.43. The van der Waals surface area contributed by atoms with Gasteiger partial charge in [-0.1, -0.05) is 23.7 Å². The van der Waals surface area contributed by atoms with Gasteiger partial charge in [-0.25, -0.2) is 4.39 Å². The molecule has 0 aliphatic rings. The van der Waals surface area contributed by atoms with Gasteiger partial charge in [0.1, 0.15) is 11.9 Å². The number of hydrogen-bond acceptors (Lipinski definition) is 3. The zero-order valence-electron chi connectivity index (χ0n) is 13.9. The summed E-state index contributed by atoms with van der Waals surface area (Å²) in [5.41, 5.74) is 1.03. The molecule has 27 heavy (non-hydrogen) atoms. The van der Waals surface area contributed by atoms with Crippen LogP contribution < -0.4 is 10.9 Å². The summed E-state index contributed by atoms with van der Waals surface area (Å²) in [7, 11) is 0. The normalized spacial score (nSPS) is 10.3. The van der Waals surface area contributed by atoms with E-state index in [-0.39, 0.29) is 28.9 Å². The van der Waals surface area contributed by atoms with Gasteiger partial charge >= 0.3 is 0 Å². The summed E-state index contributed by atoms with van der Waals surface area (Å²) in [6, 6.07) is 15.0. The maximum absolute atomic E-state index is 13.3. The van der Waals surface area contributed by atoms with Gasteiger partial charge < -0.3 is 9.88 Å². The number of nitrogens with one attached hydrogen (secondary N) is 1. The molecule has 7 heteroatoms. The quantitative estimate of drug-likeness (QED) is 0.746. The SMILES string of the molecule is N#Cc1ccc(Cl)cc1NC(=O)c1ccc(=O)n(Cc2cccc(F)c2)c1. The molecule has 0 fully saturated rings. The number of carbonyl (C=O) groups excluding carboxylic acids is 1. The Kier molecular flexibility index (Phi) is 5.34. The van der Waals surface area contributed by atoms with E-state index in [4.69, 9.17) is 16.9 Å². The summed E-state index contributed by atoms with van der Waals surface area (Å²) in [5, 5.41) is 12.1. The van der Waals surface area contributed by atoms with Crippen LogP contribution in [0.2, 0.25) is 5.02 Å². The van der Waals surface area contributed by atoms with Gasteiger partial charge in [-0.05, 0) is 42.0 Å². The van der Waals surface area contributed by atoms with E-state index in [1.165, 1.54) is 47.2 Å². The fourth-order valence-electron chi connectivity index (χ4n) is 2.53. The molecule has 3 aromatic rings. The molecule has 0 saturated heterocycles. The van der Waals surface area contributed by atoms with Crippen LogP contribution in [0, 0.1) is 17.1 Å². The van der Waals surface area contributed by atoms with Crippen molar-refractivity contribution in [3.05, 3.63) is 98.7 Å². The average Bonchev–Trinajstić information content (AvgIpc) is 2.64. The molecule has 134 valence electrons. The predicted molar refractivity (Wildman–Crippen MR) is 100 cm³/mol. The molecule has 1 aromatic heterocycles. The Morgan fingerprint density at radius 1 is 1.19 bits per heavy atom. The maximum atomic E-state index is 13.3. The van der Waals surface area contributed by atoms with Gasteiger partial charge in [-0.2, -0.15) is 5.26 Å². The maximum Gasteiger partial charge on any atom is 0.257 e. The second kappa shape index (κ2) is 7.85. The van der Waals surface area contributed by atoms with Crippen molar-refractivity contribution in [3.63, 3.8) is 0 Å². The fraction of sp³-hybridized carbons (Fsp3) is 0.0500. The summed E-state index contributed by atoms with van der Waals surface area (Å²) in [6.07, 6.45) is 1.39. The summed E-state index contributed by atoms with van der Waals surface area (Å²) < 4.78 is 14.6. The summed E-state index contributed by atoms with van der Waals surface area (Å²) in [4.78, 5) is 24.6. The molecule has 0 aliphatic heterocycles. The molecule has 0 spiro atoms. The van der Waals surface area contributed by atoms with Gasteiger partial charge in [0.05, 0.1) is 23.4 Å².